The summed E-state index contributed by atoms with van der Waals surface area (Å²) in [4.78, 5) is 0.0969. The Morgan fingerprint density at radius 3 is 2.76 bits per heavy atom. The first-order valence-electron chi connectivity index (χ1n) is 5.16. The Hall–Kier alpha value is -1.38. The van der Waals surface area contributed by atoms with Crippen molar-refractivity contribution in [1.82, 2.24) is 4.72 Å². The molecule has 0 aliphatic heterocycles. The second-order valence-electron chi connectivity index (χ2n) is 3.62. The van der Waals surface area contributed by atoms with Crippen molar-refractivity contribution in [1.29, 1.82) is 0 Å². The van der Waals surface area contributed by atoms with Gasteiger partial charge in [-0.15, -0.1) is 12.3 Å². The van der Waals surface area contributed by atoms with Crippen LogP contribution < -0.4 is 4.72 Å². The van der Waals surface area contributed by atoms with Gasteiger partial charge in [0.1, 0.15) is 5.82 Å². The van der Waals surface area contributed by atoms with Crippen molar-refractivity contribution in [3.63, 3.8) is 0 Å². The van der Waals surface area contributed by atoms with E-state index < -0.39 is 15.8 Å². The summed E-state index contributed by atoms with van der Waals surface area (Å²) < 4.78 is 39.0. The zero-order valence-electron chi connectivity index (χ0n) is 9.53. The Labute approximate surface area is 101 Å². The third kappa shape index (κ3) is 3.84. The van der Waals surface area contributed by atoms with Crippen LogP contribution in [0.3, 0.4) is 0 Å². The Kier molecular flexibility index (Phi) is 4.67. The van der Waals surface area contributed by atoms with E-state index in [2.05, 4.69) is 10.6 Å². The van der Waals surface area contributed by atoms with Crippen LogP contribution in [0, 0.1) is 25.1 Å². The van der Waals surface area contributed by atoms with E-state index >= 15 is 0 Å². The number of hydrogen-bond acceptors (Lipinski definition) is 2. The minimum atomic E-state index is -3.57. The van der Waals surface area contributed by atoms with Gasteiger partial charge < -0.3 is 0 Å². The van der Waals surface area contributed by atoms with Crippen molar-refractivity contribution < 1.29 is 12.8 Å². The summed E-state index contributed by atoms with van der Waals surface area (Å²) in [5.41, 5.74) is 0.384. The summed E-state index contributed by atoms with van der Waals surface area (Å²) in [6.07, 6.45) is 6.16. The third-order valence-corrected chi connectivity index (χ3v) is 3.84. The Balaban J connectivity index is 2.80. The molecule has 1 aromatic rings. The molecule has 0 fully saturated rings. The highest BCUT2D eigenvalue weighted by Crippen LogP contribution is 2.15. The maximum Gasteiger partial charge on any atom is 0.240 e. The lowest BCUT2D eigenvalue weighted by molar-refractivity contribution is 0.578. The first-order chi connectivity index (χ1) is 7.97. The molecular weight excluding hydrogens is 241 g/mol. The largest absolute Gasteiger partial charge is 0.240 e. The van der Waals surface area contributed by atoms with Gasteiger partial charge in [-0.05, 0) is 37.1 Å². The molecule has 17 heavy (non-hydrogen) atoms. The highest BCUT2D eigenvalue weighted by Gasteiger charge is 2.16. The summed E-state index contributed by atoms with van der Waals surface area (Å²) in [5.74, 6) is 1.98. The fraction of sp³-hybridized carbons (Fsp3) is 0.333. The highest BCUT2D eigenvalue weighted by molar-refractivity contribution is 7.89. The van der Waals surface area contributed by atoms with E-state index in [1.807, 2.05) is 0 Å². The number of benzene rings is 1. The summed E-state index contributed by atoms with van der Waals surface area (Å²) in [5, 5.41) is 0. The highest BCUT2D eigenvalue weighted by atomic mass is 32.2. The van der Waals surface area contributed by atoms with Crippen LogP contribution in [0.2, 0.25) is 0 Å². The molecule has 0 saturated heterocycles. The number of rotatable bonds is 5. The Bertz CT molecular complexity index is 532. The molecule has 0 unspecified atom stereocenters. The minimum Gasteiger partial charge on any atom is -0.211 e. The maximum absolute atomic E-state index is 12.9. The summed E-state index contributed by atoms with van der Waals surface area (Å²) >= 11 is 0. The quantitative estimate of drug-likeness (QED) is 0.644. The molecule has 0 amide bonds. The zero-order chi connectivity index (χ0) is 12.9. The van der Waals surface area contributed by atoms with Crippen LogP contribution in [-0.2, 0) is 10.0 Å². The van der Waals surface area contributed by atoms with Gasteiger partial charge in [-0.25, -0.2) is 17.5 Å². The average Bonchev–Trinajstić information content (AvgIpc) is 2.24. The first kappa shape index (κ1) is 13.7. The molecule has 0 atom stereocenters. The number of sulfonamides is 1. The smallest absolute Gasteiger partial charge is 0.211 e. The second kappa shape index (κ2) is 5.80. The van der Waals surface area contributed by atoms with Crippen molar-refractivity contribution in [2.75, 3.05) is 6.54 Å². The van der Waals surface area contributed by atoms with Gasteiger partial charge >= 0.3 is 0 Å². The average molecular weight is 255 g/mol. The van der Waals surface area contributed by atoms with Crippen LogP contribution in [0.15, 0.2) is 23.1 Å². The molecule has 0 aliphatic carbocycles. The normalized spacial score (nSPS) is 11.1. The summed E-state index contributed by atoms with van der Waals surface area (Å²) in [6.45, 7) is 1.84. The van der Waals surface area contributed by atoms with E-state index in [9.17, 15) is 12.8 Å². The predicted molar refractivity (Wildman–Crippen MR) is 64.4 cm³/mol. The fourth-order valence-electron chi connectivity index (χ4n) is 1.39. The topological polar surface area (TPSA) is 46.2 Å². The van der Waals surface area contributed by atoms with Crippen molar-refractivity contribution in [3.05, 3.63) is 29.6 Å². The van der Waals surface area contributed by atoms with Gasteiger partial charge in [0.2, 0.25) is 10.0 Å². The zero-order valence-corrected chi connectivity index (χ0v) is 10.3. The molecule has 1 N–H and O–H groups in total. The van der Waals surface area contributed by atoms with E-state index in [0.717, 1.165) is 6.07 Å². The predicted octanol–water partition coefficient (Wildman–Crippen LogP) is 1.83. The molecule has 92 valence electrons. The molecule has 5 heteroatoms. The van der Waals surface area contributed by atoms with E-state index in [4.69, 9.17) is 6.42 Å². The van der Waals surface area contributed by atoms with E-state index in [0.29, 0.717) is 18.4 Å². The van der Waals surface area contributed by atoms with E-state index in [1.54, 1.807) is 6.92 Å². The minimum absolute atomic E-state index is 0.0969. The van der Waals surface area contributed by atoms with Gasteiger partial charge in [0, 0.05) is 13.0 Å². The summed E-state index contributed by atoms with van der Waals surface area (Å²) in [6, 6.07) is 3.58. The number of hydrogen-bond donors (Lipinski definition) is 1. The second-order valence-corrected chi connectivity index (χ2v) is 5.35. The van der Waals surface area contributed by atoms with Gasteiger partial charge in [-0.1, -0.05) is 0 Å². The number of aryl methyl sites for hydroxylation is 1. The van der Waals surface area contributed by atoms with Crippen LogP contribution in [0.1, 0.15) is 18.4 Å². The molecule has 0 aliphatic rings. The lowest BCUT2D eigenvalue weighted by atomic mass is 10.2. The van der Waals surface area contributed by atoms with E-state index in [1.165, 1.54) is 12.1 Å². The standard InChI is InChI=1S/C12H14FNO2S/c1-3-4-5-8-14-17(15,16)12-7-6-11(13)9-10(12)2/h1,6-7,9,14H,4-5,8H2,2H3. The molecule has 0 saturated carbocycles. The van der Waals surface area contributed by atoms with E-state index in [-0.39, 0.29) is 11.4 Å². The monoisotopic (exact) mass is 255 g/mol. The Morgan fingerprint density at radius 1 is 1.47 bits per heavy atom. The lowest BCUT2D eigenvalue weighted by Crippen LogP contribution is -2.25. The molecule has 0 bridgehead atoms. The van der Waals surface area contributed by atoms with Crippen molar-refractivity contribution in [2.45, 2.75) is 24.7 Å². The van der Waals surface area contributed by atoms with Gasteiger partial charge in [-0.2, -0.15) is 0 Å². The third-order valence-electron chi connectivity index (χ3n) is 2.22. The van der Waals surface area contributed by atoms with Gasteiger partial charge in [0.15, 0.2) is 0 Å². The van der Waals surface area contributed by atoms with Gasteiger partial charge in [0.05, 0.1) is 4.90 Å². The molecule has 1 aromatic carbocycles. The van der Waals surface area contributed by atoms with Gasteiger partial charge in [-0.3, -0.25) is 0 Å². The SMILES string of the molecule is C#CCCCNS(=O)(=O)c1ccc(F)cc1C. The molecule has 0 heterocycles. The van der Waals surface area contributed by atoms with Crippen LogP contribution in [0.25, 0.3) is 0 Å². The number of terminal acetylenes is 1. The van der Waals surface area contributed by atoms with Crippen molar-refractivity contribution in [3.8, 4) is 12.3 Å². The van der Waals surface area contributed by atoms with Crippen LogP contribution in [0.4, 0.5) is 4.39 Å². The number of nitrogens with one attached hydrogen (secondary N) is 1. The number of unbranched alkanes of at least 4 members (excludes halogenated alkanes) is 1. The molecular formula is C12H14FNO2S. The molecule has 1 rings (SSSR count). The molecule has 3 nitrogen and oxygen atoms in total. The first-order valence-corrected chi connectivity index (χ1v) is 6.65. The van der Waals surface area contributed by atoms with Crippen LogP contribution in [0.5, 0.6) is 0 Å². The molecule has 0 aromatic heterocycles. The number of halogens is 1. The molecule has 0 radical (unpaired) electrons. The van der Waals surface area contributed by atoms with Crippen molar-refractivity contribution in [2.24, 2.45) is 0 Å². The van der Waals surface area contributed by atoms with Crippen LogP contribution in [-0.4, -0.2) is 15.0 Å². The van der Waals surface area contributed by atoms with Gasteiger partial charge in [0.25, 0.3) is 0 Å². The summed E-state index contributed by atoms with van der Waals surface area (Å²) in [7, 11) is -3.57. The molecule has 0 spiro atoms. The van der Waals surface area contributed by atoms with Crippen LogP contribution >= 0.6 is 0 Å². The maximum atomic E-state index is 12.9. The lowest BCUT2D eigenvalue weighted by Gasteiger charge is -2.08. The Morgan fingerprint density at radius 2 is 2.18 bits per heavy atom. The fourth-order valence-corrected chi connectivity index (χ4v) is 2.69. The van der Waals surface area contributed by atoms with Crippen molar-refractivity contribution >= 4 is 10.0 Å².